The largest absolute Gasteiger partial charge is 0.508 e. The van der Waals surface area contributed by atoms with Crippen LogP contribution in [0.2, 0.25) is 0 Å². The number of nitrogens with one attached hydrogen (secondary N) is 1. The van der Waals surface area contributed by atoms with E-state index < -0.39 is 17.5 Å². The average molecular weight is 266 g/mol. The van der Waals surface area contributed by atoms with Gasteiger partial charge in [-0.05, 0) is 32.9 Å². The molecule has 0 aromatic heterocycles. The van der Waals surface area contributed by atoms with Gasteiger partial charge < -0.3 is 15.5 Å². The molecule has 2 amide bonds. The molecule has 0 saturated carbocycles. The number of carboxylic acids is 1. The molecule has 3 N–H and O–H groups in total. The van der Waals surface area contributed by atoms with E-state index in [-0.39, 0.29) is 5.75 Å². The third kappa shape index (κ3) is 3.61. The number of carboxylic acid groups (broad SMARTS) is 1. The van der Waals surface area contributed by atoms with Crippen molar-refractivity contribution in [2.45, 2.75) is 26.3 Å². The number of hydrogen-bond acceptors (Lipinski definition) is 3. The van der Waals surface area contributed by atoms with Crippen molar-refractivity contribution in [1.82, 2.24) is 5.32 Å². The Bertz CT molecular complexity index is 485. The van der Waals surface area contributed by atoms with Crippen LogP contribution < -0.4 is 10.2 Å². The lowest BCUT2D eigenvalue weighted by Crippen LogP contribution is -2.54. The van der Waals surface area contributed by atoms with Gasteiger partial charge in [-0.2, -0.15) is 0 Å². The van der Waals surface area contributed by atoms with Crippen molar-refractivity contribution in [2.24, 2.45) is 0 Å². The fourth-order valence-electron chi connectivity index (χ4n) is 1.49. The fraction of sp³-hybridized carbons (Fsp3) is 0.385. The number of nitrogens with zero attached hydrogens (tertiary/aromatic N) is 1. The van der Waals surface area contributed by atoms with Crippen molar-refractivity contribution < 1.29 is 19.8 Å². The van der Waals surface area contributed by atoms with Gasteiger partial charge in [0.2, 0.25) is 0 Å². The van der Waals surface area contributed by atoms with Gasteiger partial charge in [0.1, 0.15) is 11.3 Å². The van der Waals surface area contributed by atoms with E-state index in [2.05, 4.69) is 5.32 Å². The van der Waals surface area contributed by atoms with Crippen molar-refractivity contribution in [3.63, 3.8) is 0 Å². The average Bonchev–Trinajstić information content (AvgIpc) is 2.29. The maximum atomic E-state index is 12.1. The number of hydrogen-bond donors (Lipinski definition) is 3. The van der Waals surface area contributed by atoms with Gasteiger partial charge in [0.25, 0.3) is 0 Å². The van der Waals surface area contributed by atoms with Gasteiger partial charge in [-0.25, -0.2) is 9.59 Å². The van der Waals surface area contributed by atoms with E-state index >= 15 is 0 Å². The first kappa shape index (κ1) is 14.8. The number of carbonyl (C=O) groups is 2. The standard InChI is InChI=1S/C13H18N2O4/c1-4-15(9-6-5-7-10(16)8-9)12(19)14-13(2,3)11(17)18/h5-8,16H,4H2,1-3H3,(H,14,19)(H,17,18). The molecule has 0 aliphatic rings. The zero-order valence-corrected chi connectivity index (χ0v) is 11.2. The first-order valence-corrected chi connectivity index (χ1v) is 5.90. The lowest BCUT2D eigenvalue weighted by molar-refractivity contribution is -0.142. The van der Waals surface area contributed by atoms with Crippen molar-refractivity contribution in [2.75, 3.05) is 11.4 Å². The first-order chi connectivity index (χ1) is 8.77. The Morgan fingerprint density at radius 1 is 1.37 bits per heavy atom. The summed E-state index contributed by atoms with van der Waals surface area (Å²) in [6.07, 6.45) is 0. The van der Waals surface area contributed by atoms with Crippen LogP contribution in [0.1, 0.15) is 20.8 Å². The van der Waals surface area contributed by atoms with Gasteiger partial charge in [0.15, 0.2) is 0 Å². The smallest absolute Gasteiger partial charge is 0.328 e. The summed E-state index contributed by atoms with van der Waals surface area (Å²) >= 11 is 0. The van der Waals surface area contributed by atoms with Crippen LogP contribution in [0.15, 0.2) is 24.3 Å². The normalized spacial score (nSPS) is 10.9. The number of phenols is 1. The van der Waals surface area contributed by atoms with Crippen molar-refractivity contribution >= 4 is 17.7 Å². The number of anilines is 1. The summed E-state index contributed by atoms with van der Waals surface area (Å²) in [5.41, 5.74) is -0.859. The summed E-state index contributed by atoms with van der Waals surface area (Å²) in [6, 6.07) is 5.69. The third-order valence-electron chi connectivity index (χ3n) is 2.66. The van der Waals surface area contributed by atoms with Crippen LogP contribution in [0.4, 0.5) is 10.5 Å². The Hall–Kier alpha value is -2.24. The van der Waals surface area contributed by atoms with Crippen LogP contribution in [-0.4, -0.2) is 34.3 Å². The lowest BCUT2D eigenvalue weighted by atomic mass is 10.1. The molecule has 0 atom stereocenters. The van der Waals surface area contributed by atoms with E-state index in [1.165, 1.54) is 30.9 Å². The minimum absolute atomic E-state index is 0.0428. The summed E-state index contributed by atoms with van der Waals surface area (Å²) in [4.78, 5) is 24.4. The molecule has 104 valence electrons. The Morgan fingerprint density at radius 2 is 2.00 bits per heavy atom. The van der Waals surface area contributed by atoms with Crippen LogP contribution in [0.5, 0.6) is 5.75 Å². The molecular weight excluding hydrogens is 248 g/mol. The summed E-state index contributed by atoms with van der Waals surface area (Å²) in [6.45, 7) is 4.93. The molecule has 0 fully saturated rings. The first-order valence-electron chi connectivity index (χ1n) is 5.90. The van der Waals surface area contributed by atoms with Gasteiger partial charge in [-0.1, -0.05) is 6.07 Å². The molecule has 0 radical (unpaired) electrons. The minimum atomic E-state index is -1.36. The van der Waals surface area contributed by atoms with Gasteiger partial charge in [-0.15, -0.1) is 0 Å². The van der Waals surface area contributed by atoms with Gasteiger partial charge >= 0.3 is 12.0 Å². The predicted octanol–water partition coefficient (Wildman–Crippen LogP) is 1.79. The summed E-state index contributed by atoms with van der Waals surface area (Å²) in [5, 5.41) is 20.8. The van der Waals surface area contributed by atoms with E-state index in [1.54, 1.807) is 19.1 Å². The van der Waals surface area contributed by atoms with Crippen LogP contribution in [-0.2, 0) is 4.79 Å². The Balaban J connectivity index is 2.92. The topological polar surface area (TPSA) is 89.9 Å². The van der Waals surface area contributed by atoms with E-state index in [0.717, 1.165) is 0 Å². The highest BCUT2D eigenvalue weighted by molar-refractivity contribution is 5.95. The molecule has 0 saturated heterocycles. The van der Waals surface area contributed by atoms with E-state index in [4.69, 9.17) is 5.11 Å². The van der Waals surface area contributed by atoms with Crippen LogP contribution in [0.25, 0.3) is 0 Å². The molecule has 0 unspecified atom stereocenters. The van der Waals surface area contributed by atoms with Crippen molar-refractivity contribution in [3.05, 3.63) is 24.3 Å². The molecule has 1 aromatic rings. The van der Waals surface area contributed by atoms with E-state index in [9.17, 15) is 14.7 Å². The zero-order valence-electron chi connectivity index (χ0n) is 11.2. The van der Waals surface area contributed by atoms with E-state index in [1.807, 2.05) is 0 Å². The van der Waals surface area contributed by atoms with Gasteiger partial charge in [0.05, 0.1) is 0 Å². The summed E-state index contributed by atoms with van der Waals surface area (Å²) in [7, 11) is 0. The SMILES string of the molecule is CCN(C(=O)NC(C)(C)C(=O)O)c1cccc(O)c1. The molecular formula is C13H18N2O4. The zero-order chi connectivity index (χ0) is 14.6. The number of carbonyl (C=O) groups excluding carboxylic acids is 1. The number of amides is 2. The molecule has 0 spiro atoms. The number of rotatable bonds is 4. The summed E-state index contributed by atoms with van der Waals surface area (Å²) < 4.78 is 0. The van der Waals surface area contributed by atoms with Gasteiger partial charge in [-0.3, -0.25) is 4.90 Å². The van der Waals surface area contributed by atoms with Crippen LogP contribution in [0.3, 0.4) is 0 Å². The monoisotopic (exact) mass is 266 g/mol. The molecule has 0 aliphatic carbocycles. The molecule has 1 rings (SSSR count). The number of aromatic hydroxyl groups is 1. The molecule has 0 heterocycles. The number of aliphatic carboxylic acids is 1. The van der Waals surface area contributed by atoms with Gasteiger partial charge in [0, 0.05) is 18.3 Å². The van der Waals surface area contributed by atoms with Crippen molar-refractivity contribution in [3.8, 4) is 5.75 Å². The molecule has 6 heteroatoms. The Kier molecular flexibility index (Phi) is 4.37. The number of phenolic OH excluding ortho intramolecular Hbond substituents is 1. The fourth-order valence-corrected chi connectivity index (χ4v) is 1.49. The molecule has 19 heavy (non-hydrogen) atoms. The number of benzene rings is 1. The maximum absolute atomic E-state index is 12.1. The number of urea groups is 1. The third-order valence-corrected chi connectivity index (χ3v) is 2.66. The quantitative estimate of drug-likeness (QED) is 0.775. The molecule has 6 nitrogen and oxygen atoms in total. The van der Waals surface area contributed by atoms with Crippen molar-refractivity contribution in [1.29, 1.82) is 0 Å². The van der Waals surface area contributed by atoms with Crippen LogP contribution in [0, 0.1) is 0 Å². The Morgan fingerprint density at radius 3 is 2.47 bits per heavy atom. The highest BCUT2D eigenvalue weighted by Gasteiger charge is 2.30. The lowest BCUT2D eigenvalue weighted by Gasteiger charge is -2.27. The molecule has 0 bridgehead atoms. The second-order valence-corrected chi connectivity index (χ2v) is 4.62. The minimum Gasteiger partial charge on any atom is -0.508 e. The maximum Gasteiger partial charge on any atom is 0.328 e. The second-order valence-electron chi connectivity index (χ2n) is 4.62. The Labute approximate surface area is 111 Å². The second kappa shape index (κ2) is 5.60. The summed E-state index contributed by atoms with van der Waals surface area (Å²) in [5.74, 6) is -1.07. The highest BCUT2D eigenvalue weighted by Crippen LogP contribution is 2.20. The van der Waals surface area contributed by atoms with E-state index in [0.29, 0.717) is 12.2 Å². The van der Waals surface area contributed by atoms with Crippen LogP contribution >= 0.6 is 0 Å². The highest BCUT2D eigenvalue weighted by atomic mass is 16.4. The predicted molar refractivity (Wildman–Crippen MR) is 71.4 cm³/mol. The molecule has 1 aromatic carbocycles. The molecule has 0 aliphatic heterocycles.